The Balaban J connectivity index is 1.43. The number of hydrogen-bond acceptors (Lipinski definition) is 6. The van der Waals surface area contributed by atoms with Crippen molar-refractivity contribution in [1.82, 2.24) is 4.98 Å². The van der Waals surface area contributed by atoms with Gasteiger partial charge in [0, 0.05) is 24.9 Å². The number of methoxy groups -OCH3 is 1. The number of rotatable bonds is 6. The highest BCUT2D eigenvalue weighted by atomic mass is 32.2. The van der Waals surface area contributed by atoms with Crippen LogP contribution in [0.2, 0.25) is 0 Å². The molecule has 4 rings (SSSR count). The second kappa shape index (κ2) is 9.34. The molecular formula is C23H23F3N2O3S2. The molecule has 0 N–H and O–H groups in total. The molecule has 1 aliphatic rings. The van der Waals surface area contributed by atoms with Crippen LogP contribution in [0.3, 0.4) is 0 Å². The lowest BCUT2D eigenvalue weighted by molar-refractivity contribution is -0.139. The Labute approximate surface area is 194 Å². The third-order valence-electron chi connectivity index (χ3n) is 5.71. The van der Waals surface area contributed by atoms with Crippen LogP contribution in [0.1, 0.15) is 29.7 Å². The molecule has 10 heteroatoms. The molecule has 3 aromatic rings. The van der Waals surface area contributed by atoms with Gasteiger partial charge in [0.25, 0.3) is 0 Å². The summed E-state index contributed by atoms with van der Waals surface area (Å²) in [6.07, 6.45) is -3.57. The molecule has 0 spiro atoms. The Kier molecular flexibility index (Phi) is 6.67. The normalized spacial score (nSPS) is 15.6. The molecule has 0 amide bonds. The van der Waals surface area contributed by atoms with Crippen LogP contribution in [0.4, 0.5) is 18.3 Å². The Hall–Kier alpha value is -2.59. The lowest BCUT2D eigenvalue weighted by Gasteiger charge is -2.31. The molecule has 0 bridgehead atoms. The molecule has 1 aliphatic heterocycles. The van der Waals surface area contributed by atoms with Crippen molar-refractivity contribution in [3.63, 3.8) is 0 Å². The maximum absolute atomic E-state index is 13.3. The molecule has 1 fully saturated rings. The monoisotopic (exact) mass is 496 g/mol. The molecule has 0 unspecified atom stereocenters. The summed E-state index contributed by atoms with van der Waals surface area (Å²) >= 11 is 1.48. The predicted octanol–water partition coefficient (Wildman–Crippen LogP) is 5.20. The van der Waals surface area contributed by atoms with E-state index in [2.05, 4.69) is 4.98 Å². The minimum absolute atomic E-state index is 0.249. The molecule has 0 saturated carbocycles. The molecule has 0 atom stereocenters. The first-order valence-electron chi connectivity index (χ1n) is 10.4. The van der Waals surface area contributed by atoms with Crippen molar-refractivity contribution < 1.29 is 26.3 Å². The summed E-state index contributed by atoms with van der Waals surface area (Å²) < 4.78 is 71.3. The molecule has 2 aromatic carbocycles. The van der Waals surface area contributed by atoms with Crippen LogP contribution < -0.4 is 9.64 Å². The third kappa shape index (κ3) is 5.16. The highest BCUT2D eigenvalue weighted by Crippen LogP contribution is 2.37. The van der Waals surface area contributed by atoms with Gasteiger partial charge < -0.3 is 9.64 Å². The summed E-state index contributed by atoms with van der Waals surface area (Å²) in [5, 5.41) is 1.91. The number of hydrogen-bond donors (Lipinski definition) is 0. The van der Waals surface area contributed by atoms with Crippen LogP contribution >= 0.6 is 11.3 Å². The zero-order chi connectivity index (χ0) is 23.6. The standard InChI is InChI=1S/C23H23F3N2O3S2/c1-31-18-6-4-5-16(14-18)13-17-15-32-22(27-17)28-11-9-19(10-12-28)33(29,30)21-8-3-2-7-20(21)23(24,25)26/h2-8,14-15,19H,9-13H2,1H3. The van der Waals surface area contributed by atoms with Gasteiger partial charge in [-0.25, -0.2) is 13.4 Å². The average Bonchev–Trinajstić information content (AvgIpc) is 3.27. The van der Waals surface area contributed by atoms with Crippen LogP contribution in [0.5, 0.6) is 5.75 Å². The van der Waals surface area contributed by atoms with Crippen LogP contribution in [-0.4, -0.2) is 38.9 Å². The van der Waals surface area contributed by atoms with E-state index in [1.165, 1.54) is 23.5 Å². The quantitative estimate of drug-likeness (QED) is 0.469. The molecule has 0 aliphatic carbocycles. The van der Waals surface area contributed by atoms with E-state index in [0.29, 0.717) is 19.5 Å². The van der Waals surface area contributed by atoms with Gasteiger partial charge in [-0.1, -0.05) is 24.3 Å². The van der Waals surface area contributed by atoms with Crippen LogP contribution in [-0.2, 0) is 22.4 Å². The van der Waals surface area contributed by atoms with Gasteiger partial charge in [-0.15, -0.1) is 11.3 Å². The van der Waals surface area contributed by atoms with Gasteiger partial charge in [0.05, 0.1) is 28.5 Å². The molecule has 2 heterocycles. The van der Waals surface area contributed by atoms with E-state index < -0.39 is 31.7 Å². The number of ether oxygens (including phenoxy) is 1. The maximum atomic E-state index is 13.3. The number of sulfone groups is 1. The van der Waals surface area contributed by atoms with Gasteiger partial charge in [0.1, 0.15) is 5.75 Å². The topological polar surface area (TPSA) is 59.5 Å². The predicted molar refractivity (Wildman–Crippen MR) is 122 cm³/mol. The smallest absolute Gasteiger partial charge is 0.417 e. The average molecular weight is 497 g/mol. The SMILES string of the molecule is COc1cccc(Cc2csc(N3CCC(S(=O)(=O)c4ccccc4C(F)(F)F)CC3)n2)c1. The van der Waals surface area contributed by atoms with Gasteiger partial charge in [0.2, 0.25) is 0 Å². The first kappa shape index (κ1) is 23.6. The van der Waals surface area contributed by atoms with E-state index in [0.717, 1.165) is 34.3 Å². The number of halogens is 3. The molecular weight excluding hydrogens is 473 g/mol. The number of nitrogens with zero attached hydrogens (tertiary/aromatic N) is 2. The molecule has 176 valence electrons. The van der Waals surface area contributed by atoms with E-state index in [1.807, 2.05) is 34.5 Å². The Morgan fingerprint density at radius 1 is 1.12 bits per heavy atom. The zero-order valence-electron chi connectivity index (χ0n) is 17.9. The van der Waals surface area contributed by atoms with Gasteiger partial charge >= 0.3 is 6.18 Å². The third-order valence-corrected chi connectivity index (χ3v) is 8.98. The first-order chi connectivity index (χ1) is 15.7. The zero-order valence-corrected chi connectivity index (χ0v) is 19.5. The largest absolute Gasteiger partial charge is 0.497 e. The van der Waals surface area contributed by atoms with Crippen LogP contribution in [0.15, 0.2) is 58.8 Å². The van der Waals surface area contributed by atoms with Gasteiger partial charge in [-0.05, 0) is 42.7 Å². The van der Waals surface area contributed by atoms with Crippen LogP contribution in [0.25, 0.3) is 0 Å². The van der Waals surface area contributed by atoms with Gasteiger partial charge in [0.15, 0.2) is 15.0 Å². The van der Waals surface area contributed by atoms with Crippen molar-refractivity contribution in [1.29, 1.82) is 0 Å². The number of benzene rings is 2. The van der Waals surface area contributed by atoms with E-state index >= 15 is 0 Å². The Bertz CT molecular complexity index is 1220. The number of thiazole rings is 1. The summed E-state index contributed by atoms with van der Waals surface area (Å²) in [5.74, 6) is 0.776. The number of alkyl halides is 3. The Morgan fingerprint density at radius 3 is 2.55 bits per heavy atom. The summed E-state index contributed by atoms with van der Waals surface area (Å²) in [5.41, 5.74) is 0.867. The van der Waals surface area contributed by atoms with Crippen molar-refractivity contribution in [3.8, 4) is 5.75 Å². The van der Waals surface area contributed by atoms with E-state index in [9.17, 15) is 21.6 Å². The maximum Gasteiger partial charge on any atom is 0.417 e. The fraction of sp³-hybridized carbons (Fsp3) is 0.348. The molecule has 1 aromatic heterocycles. The van der Waals surface area contributed by atoms with Gasteiger partial charge in [-0.2, -0.15) is 13.2 Å². The molecule has 0 radical (unpaired) electrons. The summed E-state index contributed by atoms with van der Waals surface area (Å²) in [6.45, 7) is 0.842. The van der Waals surface area contributed by atoms with Crippen molar-refractivity contribution in [2.75, 3.05) is 25.1 Å². The van der Waals surface area contributed by atoms with Crippen molar-refractivity contribution >= 4 is 26.3 Å². The van der Waals surface area contributed by atoms with E-state index in [4.69, 9.17) is 4.74 Å². The Morgan fingerprint density at radius 2 is 1.85 bits per heavy atom. The highest BCUT2D eigenvalue weighted by molar-refractivity contribution is 7.92. The second-order valence-corrected chi connectivity index (χ2v) is 10.9. The fourth-order valence-electron chi connectivity index (χ4n) is 4.00. The molecule has 5 nitrogen and oxygen atoms in total. The second-order valence-electron chi connectivity index (χ2n) is 7.88. The minimum Gasteiger partial charge on any atom is -0.497 e. The van der Waals surface area contributed by atoms with Crippen molar-refractivity contribution in [2.24, 2.45) is 0 Å². The first-order valence-corrected chi connectivity index (χ1v) is 12.8. The van der Waals surface area contributed by atoms with Crippen molar-refractivity contribution in [2.45, 2.75) is 35.6 Å². The van der Waals surface area contributed by atoms with Crippen LogP contribution in [0, 0.1) is 0 Å². The van der Waals surface area contributed by atoms with E-state index in [1.54, 1.807) is 7.11 Å². The summed E-state index contributed by atoms with van der Waals surface area (Å²) in [7, 11) is -2.48. The van der Waals surface area contributed by atoms with Gasteiger partial charge in [-0.3, -0.25) is 0 Å². The highest BCUT2D eigenvalue weighted by Gasteiger charge is 2.40. The molecule has 33 heavy (non-hydrogen) atoms. The molecule has 1 saturated heterocycles. The number of piperidine rings is 1. The fourth-order valence-corrected chi connectivity index (χ4v) is 6.83. The lowest BCUT2D eigenvalue weighted by Crippen LogP contribution is -2.39. The summed E-state index contributed by atoms with van der Waals surface area (Å²) in [4.78, 5) is 6.05. The van der Waals surface area contributed by atoms with E-state index in [-0.39, 0.29) is 12.8 Å². The minimum atomic E-state index is -4.72. The van der Waals surface area contributed by atoms with Crippen molar-refractivity contribution in [3.05, 3.63) is 70.7 Å². The number of aromatic nitrogens is 1. The number of anilines is 1. The lowest BCUT2D eigenvalue weighted by atomic mass is 10.1. The summed E-state index contributed by atoms with van der Waals surface area (Å²) in [6, 6.07) is 12.2.